The number of amides is 1. The Morgan fingerprint density at radius 2 is 1.81 bits per heavy atom. The Morgan fingerprint density at radius 3 is 2.54 bits per heavy atom. The van der Waals surface area contributed by atoms with Crippen LogP contribution in [0.5, 0.6) is 0 Å². The molecule has 0 spiro atoms. The number of nitrogens with zero attached hydrogens (tertiary/aromatic N) is 3. The zero-order valence-electron chi connectivity index (χ0n) is 14.1. The number of rotatable bonds is 3. The first-order chi connectivity index (χ1) is 12.5. The molecule has 2 aromatic carbocycles. The maximum atomic E-state index is 12.2. The van der Waals surface area contributed by atoms with E-state index in [1.54, 1.807) is 4.90 Å². The van der Waals surface area contributed by atoms with Gasteiger partial charge in [0.1, 0.15) is 5.69 Å². The number of carboxylic acid groups (broad SMARTS) is 1. The Kier molecular flexibility index (Phi) is 3.76. The molecule has 0 atom stereocenters. The molecule has 2 heterocycles. The van der Waals surface area contributed by atoms with Crippen molar-refractivity contribution in [3.8, 4) is 22.4 Å². The minimum Gasteiger partial charge on any atom is -0.476 e. The lowest BCUT2D eigenvalue weighted by Crippen LogP contribution is -2.34. The van der Waals surface area contributed by atoms with Crippen molar-refractivity contribution < 1.29 is 14.7 Å². The Balaban J connectivity index is 1.67. The number of carbonyl (C=O) groups excluding carboxylic acids is 1. The summed E-state index contributed by atoms with van der Waals surface area (Å²) in [5.74, 6) is -1.04. The smallest absolute Gasteiger partial charge is 0.356 e. The highest BCUT2D eigenvalue weighted by molar-refractivity contribution is 5.97. The van der Waals surface area contributed by atoms with Gasteiger partial charge < -0.3 is 10.0 Å². The number of carboxylic acids is 1. The minimum absolute atomic E-state index is 0.0332. The van der Waals surface area contributed by atoms with Crippen LogP contribution in [0.2, 0.25) is 0 Å². The van der Waals surface area contributed by atoms with E-state index in [1.807, 2.05) is 49.5 Å². The Bertz CT molecular complexity index is 1010. The van der Waals surface area contributed by atoms with Gasteiger partial charge in [-0.2, -0.15) is 0 Å². The molecule has 1 aliphatic rings. The lowest BCUT2D eigenvalue weighted by molar-refractivity contribution is 0.0690. The second-order valence-corrected chi connectivity index (χ2v) is 6.27. The number of carbonyl (C=O) groups is 2. The van der Waals surface area contributed by atoms with E-state index in [0.29, 0.717) is 11.3 Å². The number of aromatic nitrogens is 3. The molecule has 26 heavy (non-hydrogen) atoms. The molecule has 0 aliphatic carbocycles. The van der Waals surface area contributed by atoms with Crippen LogP contribution in [-0.2, 0) is 6.42 Å². The predicted molar refractivity (Wildman–Crippen MR) is 94.9 cm³/mol. The molecular formula is C19H16N4O3. The molecule has 130 valence electrons. The van der Waals surface area contributed by atoms with Crippen LogP contribution in [0.3, 0.4) is 0 Å². The van der Waals surface area contributed by atoms with E-state index in [2.05, 4.69) is 15.4 Å². The summed E-state index contributed by atoms with van der Waals surface area (Å²) >= 11 is 0. The number of aromatic amines is 1. The normalized spacial score (nSPS) is 13.6. The van der Waals surface area contributed by atoms with Gasteiger partial charge in [-0.3, -0.25) is 9.89 Å². The first-order valence-electron chi connectivity index (χ1n) is 8.18. The number of benzene rings is 2. The second kappa shape index (κ2) is 6.11. The third kappa shape index (κ3) is 2.63. The monoisotopic (exact) mass is 348 g/mol. The summed E-state index contributed by atoms with van der Waals surface area (Å²) in [4.78, 5) is 25.1. The fourth-order valence-corrected chi connectivity index (χ4v) is 3.18. The van der Waals surface area contributed by atoms with Crippen molar-refractivity contribution in [3.05, 3.63) is 59.3 Å². The molecule has 0 fully saturated rings. The number of aromatic carboxylic acids is 1. The number of hydrogen-bond donors (Lipinski definition) is 2. The summed E-state index contributed by atoms with van der Waals surface area (Å²) < 4.78 is 0. The molecule has 7 heteroatoms. The van der Waals surface area contributed by atoms with Gasteiger partial charge in [0.05, 0.1) is 0 Å². The van der Waals surface area contributed by atoms with Crippen molar-refractivity contribution in [1.29, 1.82) is 0 Å². The van der Waals surface area contributed by atoms with Crippen LogP contribution >= 0.6 is 0 Å². The lowest BCUT2D eigenvalue weighted by atomic mass is 9.94. The quantitative estimate of drug-likeness (QED) is 0.757. The first-order valence-corrected chi connectivity index (χ1v) is 8.18. The van der Waals surface area contributed by atoms with E-state index in [4.69, 9.17) is 5.11 Å². The fraction of sp³-hybridized carbons (Fsp3) is 0.158. The van der Waals surface area contributed by atoms with Gasteiger partial charge in [-0.15, -0.1) is 5.10 Å². The molecule has 1 amide bonds. The molecule has 0 radical (unpaired) electrons. The highest BCUT2D eigenvalue weighted by atomic mass is 16.4. The first kappa shape index (κ1) is 16.0. The van der Waals surface area contributed by atoms with E-state index in [-0.39, 0.29) is 11.6 Å². The van der Waals surface area contributed by atoms with E-state index in [9.17, 15) is 9.59 Å². The van der Waals surface area contributed by atoms with E-state index in [1.165, 1.54) is 0 Å². The van der Waals surface area contributed by atoms with Gasteiger partial charge in [0.15, 0.2) is 5.69 Å². The summed E-state index contributed by atoms with van der Waals surface area (Å²) in [6.07, 6.45) is 0.838. The van der Waals surface area contributed by atoms with E-state index < -0.39 is 5.97 Å². The molecule has 3 aromatic rings. The molecule has 0 unspecified atom stereocenters. The fourth-order valence-electron chi connectivity index (χ4n) is 3.18. The van der Waals surface area contributed by atoms with Gasteiger partial charge >= 0.3 is 5.97 Å². The number of fused-ring (bicyclic) bond motifs is 1. The molecule has 2 N–H and O–H groups in total. The number of nitrogens with one attached hydrogen (secondary N) is 1. The number of hydrogen-bond acceptors (Lipinski definition) is 4. The van der Waals surface area contributed by atoms with Crippen LogP contribution in [0.25, 0.3) is 22.4 Å². The number of likely N-dealkylation sites (N-methyl/N-ethyl adjacent to an activating group) is 1. The largest absolute Gasteiger partial charge is 0.476 e. The van der Waals surface area contributed by atoms with Crippen molar-refractivity contribution in [2.75, 3.05) is 13.6 Å². The second-order valence-electron chi connectivity index (χ2n) is 6.27. The van der Waals surface area contributed by atoms with Crippen molar-refractivity contribution in [2.45, 2.75) is 6.42 Å². The van der Waals surface area contributed by atoms with Gasteiger partial charge in [0, 0.05) is 24.7 Å². The lowest BCUT2D eigenvalue weighted by Gasteiger charge is -2.25. The third-order valence-corrected chi connectivity index (χ3v) is 4.65. The van der Waals surface area contributed by atoms with Crippen LogP contribution in [0, 0.1) is 0 Å². The maximum Gasteiger partial charge on any atom is 0.356 e. The molecule has 0 saturated heterocycles. The Labute approximate surface area is 149 Å². The van der Waals surface area contributed by atoms with E-state index >= 15 is 0 Å². The molecular weight excluding hydrogens is 332 g/mol. The summed E-state index contributed by atoms with van der Waals surface area (Å²) in [6, 6.07) is 13.3. The summed E-state index contributed by atoms with van der Waals surface area (Å²) in [6.45, 7) is 0.721. The minimum atomic E-state index is -1.10. The zero-order chi connectivity index (χ0) is 18.3. The standard InChI is InChI=1S/C19H16N4O3/c1-23-9-8-14-10-13(6-7-15(14)18(23)24)11-2-4-12(5-3-11)16-17(19(25)26)21-22-20-16/h2-7,10H,8-9H2,1H3,(H,25,26)(H,20,21,22). The molecule has 1 aliphatic heterocycles. The average molecular weight is 348 g/mol. The summed E-state index contributed by atoms with van der Waals surface area (Å²) in [5, 5.41) is 19.0. The average Bonchev–Trinajstić information content (AvgIpc) is 3.15. The molecule has 4 rings (SSSR count). The summed E-state index contributed by atoms with van der Waals surface area (Å²) in [5.41, 5.74) is 4.77. The summed E-state index contributed by atoms with van der Waals surface area (Å²) in [7, 11) is 1.81. The van der Waals surface area contributed by atoms with Crippen molar-refractivity contribution >= 4 is 11.9 Å². The van der Waals surface area contributed by atoms with Crippen LogP contribution in [-0.4, -0.2) is 50.9 Å². The van der Waals surface area contributed by atoms with Crippen LogP contribution < -0.4 is 0 Å². The highest BCUT2D eigenvalue weighted by Crippen LogP contribution is 2.28. The van der Waals surface area contributed by atoms with Crippen LogP contribution in [0.4, 0.5) is 0 Å². The zero-order valence-corrected chi connectivity index (χ0v) is 14.1. The van der Waals surface area contributed by atoms with Crippen molar-refractivity contribution in [2.24, 2.45) is 0 Å². The van der Waals surface area contributed by atoms with Gasteiger partial charge in [-0.1, -0.05) is 41.6 Å². The third-order valence-electron chi connectivity index (χ3n) is 4.65. The predicted octanol–water partition coefficient (Wildman–Crippen LogP) is 2.47. The highest BCUT2D eigenvalue weighted by Gasteiger charge is 2.21. The maximum absolute atomic E-state index is 12.2. The number of H-pyrrole nitrogens is 1. The van der Waals surface area contributed by atoms with Gasteiger partial charge in [0.25, 0.3) is 5.91 Å². The molecule has 7 nitrogen and oxygen atoms in total. The van der Waals surface area contributed by atoms with E-state index in [0.717, 1.165) is 35.2 Å². The van der Waals surface area contributed by atoms with Gasteiger partial charge in [0.2, 0.25) is 0 Å². The van der Waals surface area contributed by atoms with Gasteiger partial charge in [-0.05, 0) is 29.2 Å². The van der Waals surface area contributed by atoms with Crippen molar-refractivity contribution in [3.63, 3.8) is 0 Å². The van der Waals surface area contributed by atoms with Crippen LogP contribution in [0.1, 0.15) is 26.4 Å². The molecule has 1 aromatic heterocycles. The van der Waals surface area contributed by atoms with Crippen molar-refractivity contribution in [1.82, 2.24) is 20.3 Å². The Morgan fingerprint density at radius 1 is 1.12 bits per heavy atom. The topological polar surface area (TPSA) is 99.2 Å². The SMILES string of the molecule is CN1CCc2cc(-c3ccc(-c4nn[nH]c4C(=O)O)cc3)ccc2C1=O. The molecule has 0 saturated carbocycles. The van der Waals surface area contributed by atoms with Gasteiger partial charge in [-0.25, -0.2) is 4.79 Å². The van der Waals surface area contributed by atoms with Crippen LogP contribution in [0.15, 0.2) is 42.5 Å². The molecule has 0 bridgehead atoms. The Hall–Kier alpha value is -3.48.